The van der Waals surface area contributed by atoms with Crippen molar-refractivity contribution in [2.75, 3.05) is 30.4 Å². The first-order valence-corrected chi connectivity index (χ1v) is 7.23. The van der Waals surface area contributed by atoms with Crippen LogP contribution in [0.1, 0.15) is 5.56 Å². The molecule has 1 saturated heterocycles. The maximum atomic E-state index is 9.34. The lowest BCUT2D eigenvalue weighted by Gasteiger charge is -2.35. The molecule has 1 aliphatic rings. The molecule has 2 N–H and O–H groups in total. The fourth-order valence-corrected chi connectivity index (χ4v) is 2.26. The molecule has 2 aromatic rings. The molecule has 0 radical (unpaired) electrons. The number of β-amino-alcohol motifs (C(OH)–C–C–N with tert-alkyl or cyclic N) is 1. The van der Waals surface area contributed by atoms with Crippen LogP contribution >= 0.6 is 11.6 Å². The third-order valence-corrected chi connectivity index (χ3v) is 3.52. The van der Waals surface area contributed by atoms with E-state index < -0.39 is 0 Å². The number of anilines is 2. The quantitative estimate of drug-likeness (QED) is 0.859. The van der Waals surface area contributed by atoms with E-state index in [-0.39, 0.29) is 11.4 Å². The molecule has 3 rings (SSSR count). The molecule has 2 heterocycles. The van der Waals surface area contributed by atoms with Crippen molar-refractivity contribution in [3.05, 3.63) is 35.1 Å². The van der Waals surface area contributed by atoms with E-state index in [0.29, 0.717) is 31.5 Å². The molecule has 22 heavy (non-hydrogen) atoms. The molecule has 1 aromatic carbocycles. The van der Waals surface area contributed by atoms with Crippen LogP contribution in [0, 0.1) is 0 Å². The third kappa shape index (κ3) is 3.37. The van der Waals surface area contributed by atoms with E-state index in [2.05, 4.69) is 20.3 Å². The van der Waals surface area contributed by atoms with Gasteiger partial charge in [-0.3, -0.25) is 0 Å². The summed E-state index contributed by atoms with van der Waals surface area (Å²) in [7, 11) is 1.63. The molecular weight excluding hydrogens is 306 g/mol. The van der Waals surface area contributed by atoms with Gasteiger partial charge < -0.3 is 20.1 Å². The van der Waals surface area contributed by atoms with Crippen LogP contribution in [0.15, 0.2) is 24.3 Å². The van der Waals surface area contributed by atoms with Gasteiger partial charge in [0.2, 0.25) is 17.2 Å². The normalized spacial score (nSPS) is 14.6. The van der Waals surface area contributed by atoms with Crippen LogP contribution in [-0.4, -0.2) is 46.4 Å². The van der Waals surface area contributed by atoms with Gasteiger partial charge in [-0.1, -0.05) is 12.1 Å². The van der Waals surface area contributed by atoms with Gasteiger partial charge in [0.05, 0.1) is 13.2 Å². The number of aliphatic hydroxyl groups is 1. The number of methoxy groups -OCH3 is 1. The average Bonchev–Trinajstić information content (AvgIpc) is 2.50. The first-order chi connectivity index (χ1) is 10.6. The molecule has 0 bridgehead atoms. The summed E-state index contributed by atoms with van der Waals surface area (Å²) >= 11 is 5.92. The largest absolute Gasteiger partial charge is 0.497 e. The van der Waals surface area contributed by atoms with Gasteiger partial charge in [-0.25, -0.2) is 0 Å². The topological polar surface area (TPSA) is 83.4 Å². The Morgan fingerprint density at radius 1 is 1.27 bits per heavy atom. The molecule has 0 unspecified atom stereocenters. The minimum atomic E-state index is -0.328. The molecule has 1 fully saturated rings. The van der Waals surface area contributed by atoms with Gasteiger partial charge in [-0.05, 0) is 29.3 Å². The van der Waals surface area contributed by atoms with Crippen molar-refractivity contribution in [1.82, 2.24) is 15.0 Å². The molecular formula is C14H16ClN5O2. The number of aliphatic hydroxyl groups excluding tert-OH is 1. The van der Waals surface area contributed by atoms with Crippen LogP contribution in [0.3, 0.4) is 0 Å². The summed E-state index contributed by atoms with van der Waals surface area (Å²) in [4.78, 5) is 14.3. The van der Waals surface area contributed by atoms with Gasteiger partial charge in [0.15, 0.2) is 0 Å². The van der Waals surface area contributed by atoms with Crippen molar-refractivity contribution in [1.29, 1.82) is 0 Å². The Balaban J connectivity index is 1.66. The zero-order valence-corrected chi connectivity index (χ0v) is 12.8. The molecule has 1 aromatic heterocycles. The Labute approximate surface area is 132 Å². The molecule has 116 valence electrons. The van der Waals surface area contributed by atoms with E-state index >= 15 is 0 Å². The Bertz CT molecular complexity index is 646. The van der Waals surface area contributed by atoms with E-state index in [1.807, 2.05) is 29.2 Å². The SMILES string of the molecule is COc1ccc(CNc2nc(Cl)nc(N3CC(O)C3)n2)cc1. The highest BCUT2D eigenvalue weighted by molar-refractivity contribution is 6.28. The summed E-state index contributed by atoms with van der Waals surface area (Å²) < 4.78 is 5.12. The van der Waals surface area contributed by atoms with Crippen molar-refractivity contribution in [2.45, 2.75) is 12.6 Å². The zero-order chi connectivity index (χ0) is 15.5. The average molecular weight is 322 g/mol. The number of rotatable bonds is 5. The fraction of sp³-hybridized carbons (Fsp3) is 0.357. The lowest BCUT2D eigenvalue weighted by atomic mass is 10.2. The number of hydrogen-bond acceptors (Lipinski definition) is 7. The maximum Gasteiger partial charge on any atom is 0.231 e. The Morgan fingerprint density at radius 3 is 2.64 bits per heavy atom. The summed E-state index contributed by atoms with van der Waals surface area (Å²) in [5, 5.41) is 12.6. The smallest absolute Gasteiger partial charge is 0.231 e. The molecule has 0 amide bonds. The van der Waals surface area contributed by atoms with Crippen LogP contribution in [0.5, 0.6) is 5.75 Å². The standard InChI is InChI=1S/C14H16ClN5O2/c1-22-11-4-2-9(3-5-11)6-16-13-17-12(15)18-14(19-13)20-7-10(21)8-20/h2-5,10,21H,6-8H2,1H3,(H,16,17,18,19). The summed E-state index contributed by atoms with van der Waals surface area (Å²) in [5.41, 5.74) is 1.07. The lowest BCUT2D eigenvalue weighted by Crippen LogP contribution is -2.51. The second-order valence-corrected chi connectivity index (χ2v) is 5.33. The predicted molar refractivity (Wildman–Crippen MR) is 83.4 cm³/mol. The lowest BCUT2D eigenvalue weighted by molar-refractivity contribution is 0.140. The highest BCUT2D eigenvalue weighted by Crippen LogP contribution is 2.19. The number of aromatic nitrogens is 3. The van der Waals surface area contributed by atoms with Gasteiger partial charge in [0, 0.05) is 19.6 Å². The monoisotopic (exact) mass is 321 g/mol. The van der Waals surface area contributed by atoms with E-state index in [4.69, 9.17) is 16.3 Å². The number of benzene rings is 1. The fourth-order valence-electron chi connectivity index (χ4n) is 2.10. The third-order valence-electron chi connectivity index (χ3n) is 3.35. The Hall–Kier alpha value is -2.12. The molecule has 0 spiro atoms. The van der Waals surface area contributed by atoms with E-state index in [1.54, 1.807) is 7.11 Å². The summed E-state index contributed by atoms with van der Waals surface area (Å²) in [5.74, 6) is 1.69. The van der Waals surface area contributed by atoms with Crippen LogP contribution in [-0.2, 0) is 6.54 Å². The molecule has 7 nitrogen and oxygen atoms in total. The molecule has 0 aliphatic carbocycles. The number of halogens is 1. The second kappa shape index (κ2) is 6.33. The van der Waals surface area contributed by atoms with Gasteiger partial charge in [-0.15, -0.1) is 0 Å². The van der Waals surface area contributed by atoms with Crippen LogP contribution in [0.2, 0.25) is 5.28 Å². The van der Waals surface area contributed by atoms with Crippen molar-refractivity contribution in [3.63, 3.8) is 0 Å². The summed E-state index contributed by atoms with van der Waals surface area (Å²) in [6, 6.07) is 7.71. The predicted octanol–water partition coefficient (Wildman–Crippen LogP) is 1.33. The molecule has 8 heteroatoms. The first-order valence-electron chi connectivity index (χ1n) is 6.85. The maximum absolute atomic E-state index is 9.34. The summed E-state index contributed by atoms with van der Waals surface area (Å²) in [6.45, 7) is 1.59. The highest BCUT2D eigenvalue weighted by atomic mass is 35.5. The van der Waals surface area contributed by atoms with Crippen LogP contribution in [0.25, 0.3) is 0 Å². The summed E-state index contributed by atoms with van der Waals surface area (Å²) in [6.07, 6.45) is -0.328. The van der Waals surface area contributed by atoms with Crippen LogP contribution < -0.4 is 15.0 Å². The number of nitrogens with zero attached hydrogens (tertiary/aromatic N) is 4. The first kappa shape index (κ1) is 14.8. The van der Waals surface area contributed by atoms with Crippen molar-refractivity contribution in [3.8, 4) is 5.75 Å². The Kier molecular flexibility index (Phi) is 4.26. The molecule has 0 atom stereocenters. The van der Waals surface area contributed by atoms with Crippen molar-refractivity contribution < 1.29 is 9.84 Å². The second-order valence-electron chi connectivity index (χ2n) is 4.99. The number of nitrogens with one attached hydrogen (secondary N) is 1. The van der Waals surface area contributed by atoms with E-state index in [0.717, 1.165) is 11.3 Å². The van der Waals surface area contributed by atoms with Crippen molar-refractivity contribution >= 4 is 23.5 Å². The molecule has 1 aliphatic heterocycles. The number of hydrogen-bond donors (Lipinski definition) is 2. The van der Waals surface area contributed by atoms with E-state index in [9.17, 15) is 5.11 Å². The highest BCUT2D eigenvalue weighted by Gasteiger charge is 2.27. The van der Waals surface area contributed by atoms with Crippen molar-refractivity contribution in [2.24, 2.45) is 0 Å². The number of ether oxygens (including phenoxy) is 1. The molecule has 0 saturated carbocycles. The van der Waals surface area contributed by atoms with Gasteiger partial charge >= 0.3 is 0 Å². The van der Waals surface area contributed by atoms with Crippen LogP contribution in [0.4, 0.5) is 11.9 Å². The minimum Gasteiger partial charge on any atom is -0.497 e. The minimum absolute atomic E-state index is 0.128. The zero-order valence-electron chi connectivity index (χ0n) is 12.0. The van der Waals surface area contributed by atoms with Gasteiger partial charge in [0.25, 0.3) is 0 Å². The van der Waals surface area contributed by atoms with Gasteiger partial charge in [-0.2, -0.15) is 15.0 Å². The van der Waals surface area contributed by atoms with Gasteiger partial charge in [0.1, 0.15) is 5.75 Å². The van der Waals surface area contributed by atoms with E-state index in [1.165, 1.54) is 0 Å². The Morgan fingerprint density at radius 2 is 2.00 bits per heavy atom.